The first-order valence-corrected chi connectivity index (χ1v) is 7.01. The van der Waals surface area contributed by atoms with Gasteiger partial charge in [0.1, 0.15) is 5.82 Å². The third kappa shape index (κ3) is 4.52. The van der Waals surface area contributed by atoms with Crippen LogP contribution in [0.5, 0.6) is 0 Å². The van der Waals surface area contributed by atoms with E-state index < -0.39 is 0 Å². The van der Waals surface area contributed by atoms with Gasteiger partial charge in [-0.1, -0.05) is 31.1 Å². The number of halogens is 2. The van der Waals surface area contributed by atoms with Gasteiger partial charge < -0.3 is 0 Å². The number of rotatable bonds is 8. The molecule has 0 aromatic heterocycles. The number of benzene rings is 1. The van der Waals surface area contributed by atoms with Crippen molar-refractivity contribution in [2.24, 2.45) is 5.84 Å². The Hall–Kier alpha value is -0.710. The Morgan fingerprint density at radius 3 is 2.83 bits per heavy atom. The molecule has 1 rings (SSSR count). The van der Waals surface area contributed by atoms with Crippen LogP contribution in [0.15, 0.2) is 35.3 Å². The van der Waals surface area contributed by atoms with Gasteiger partial charge in [-0.15, -0.1) is 6.58 Å². The molecule has 18 heavy (non-hydrogen) atoms. The highest BCUT2D eigenvalue weighted by molar-refractivity contribution is 9.10. The number of allylic oxidation sites excluding steroid dienone is 1. The molecular formula is C14H20BrFN2. The first-order valence-electron chi connectivity index (χ1n) is 6.21. The number of nitrogens with two attached hydrogens (primary N) is 1. The van der Waals surface area contributed by atoms with E-state index in [1.807, 2.05) is 12.1 Å². The minimum absolute atomic E-state index is 0.0150. The monoisotopic (exact) mass is 314 g/mol. The van der Waals surface area contributed by atoms with Gasteiger partial charge in [0.15, 0.2) is 0 Å². The number of hydrazine groups is 1. The zero-order valence-electron chi connectivity index (χ0n) is 10.5. The Balaban J connectivity index is 2.55. The van der Waals surface area contributed by atoms with E-state index in [0.29, 0.717) is 4.47 Å². The SMILES string of the molecule is C=CCCCCCC(NN)c1cccc(F)c1Br. The summed E-state index contributed by atoms with van der Waals surface area (Å²) in [6.07, 6.45) is 7.22. The van der Waals surface area contributed by atoms with Crippen LogP contribution in [0.1, 0.15) is 43.7 Å². The summed E-state index contributed by atoms with van der Waals surface area (Å²) in [6.45, 7) is 3.70. The molecule has 0 heterocycles. The van der Waals surface area contributed by atoms with Crippen LogP contribution in [-0.4, -0.2) is 0 Å². The second-order valence-corrected chi connectivity index (χ2v) is 5.08. The average molecular weight is 315 g/mol. The fraction of sp³-hybridized carbons (Fsp3) is 0.429. The minimum Gasteiger partial charge on any atom is -0.271 e. The van der Waals surface area contributed by atoms with Crippen molar-refractivity contribution in [3.8, 4) is 0 Å². The zero-order chi connectivity index (χ0) is 13.4. The van der Waals surface area contributed by atoms with E-state index in [1.54, 1.807) is 6.07 Å². The van der Waals surface area contributed by atoms with Crippen LogP contribution >= 0.6 is 15.9 Å². The third-order valence-electron chi connectivity index (χ3n) is 2.96. The summed E-state index contributed by atoms with van der Waals surface area (Å²) in [7, 11) is 0. The molecule has 1 aromatic rings. The zero-order valence-corrected chi connectivity index (χ0v) is 12.0. The first kappa shape index (κ1) is 15.3. The Morgan fingerprint density at radius 2 is 2.17 bits per heavy atom. The van der Waals surface area contributed by atoms with E-state index in [-0.39, 0.29) is 11.9 Å². The van der Waals surface area contributed by atoms with Gasteiger partial charge in [0.05, 0.1) is 4.47 Å². The summed E-state index contributed by atoms with van der Waals surface area (Å²) in [4.78, 5) is 0. The van der Waals surface area contributed by atoms with E-state index in [4.69, 9.17) is 5.84 Å². The van der Waals surface area contributed by atoms with Crippen molar-refractivity contribution in [2.45, 2.75) is 38.1 Å². The molecule has 0 bridgehead atoms. The Kier molecular flexibility index (Phi) is 7.16. The highest BCUT2D eigenvalue weighted by Crippen LogP contribution is 2.28. The smallest absolute Gasteiger partial charge is 0.137 e. The number of nitrogens with one attached hydrogen (secondary N) is 1. The van der Waals surface area contributed by atoms with Gasteiger partial charge in [-0.3, -0.25) is 11.3 Å². The summed E-state index contributed by atoms with van der Waals surface area (Å²) >= 11 is 3.27. The van der Waals surface area contributed by atoms with Gasteiger partial charge in [-0.05, 0) is 46.8 Å². The molecule has 0 radical (unpaired) electrons. The van der Waals surface area contributed by atoms with Crippen molar-refractivity contribution >= 4 is 15.9 Å². The van der Waals surface area contributed by atoms with Crippen LogP contribution in [0.4, 0.5) is 4.39 Å². The maximum atomic E-state index is 13.4. The number of hydrogen-bond donors (Lipinski definition) is 2. The predicted octanol–water partition coefficient (Wildman–Crippen LogP) is 4.23. The van der Waals surface area contributed by atoms with Crippen molar-refractivity contribution in [3.63, 3.8) is 0 Å². The lowest BCUT2D eigenvalue weighted by molar-refractivity contribution is 0.479. The average Bonchev–Trinajstić information content (AvgIpc) is 2.38. The van der Waals surface area contributed by atoms with Crippen molar-refractivity contribution in [1.29, 1.82) is 0 Å². The molecule has 0 saturated carbocycles. The minimum atomic E-state index is -0.251. The Morgan fingerprint density at radius 1 is 1.39 bits per heavy atom. The van der Waals surface area contributed by atoms with Crippen LogP contribution in [0, 0.1) is 5.82 Å². The van der Waals surface area contributed by atoms with Gasteiger partial charge in [0.2, 0.25) is 0 Å². The maximum absolute atomic E-state index is 13.4. The first-order chi connectivity index (χ1) is 8.70. The van der Waals surface area contributed by atoms with E-state index in [2.05, 4.69) is 27.9 Å². The topological polar surface area (TPSA) is 38.0 Å². The molecular weight excluding hydrogens is 295 g/mol. The van der Waals surface area contributed by atoms with Crippen LogP contribution < -0.4 is 11.3 Å². The van der Waals surface area contributed by atoms with Gasteiger partial charge in [0, 0.05) is 6.04 Å². The molecule has 3 N–H and O–H groups in total. The van der Waals surface area contributed by atoms with Crippen molar-refractivity contribution in [1.82, 2.24) is 5.43 Å². The van der Waals surface area contributed by atoms with E-state index in [9.17, 15) is 4.39 Å². The standard InChI is InChI=1S/C14H20BrFN2/c1-2-3-4-5-6-10-13(18-17)11-8-7-9-12(16)14(11)15/h2,7-9,13,18H,1,3-6,10,17H2. The molecule has 1 aromatic carbocycles. The second-order valence-electron chi connectivity index (χ2n) is 4.29. The summed E-state index contributed by atoms with van der Waals surface area (Å²) in [6, 6.07) is 5.02. The molecule has 0 aliphatic heterocycles. The van der Waals surface area contributed by atoms with Gasteiger partial charge in [0.25, 0.3) is 0 Å². The van der Waals surface area contributed by atoms with E-state index in [1.165, 1.54) is 6.07 Å². The van der Waals surface area contributed by atoms with Crippen molar-refractivity contribution in [2.75, 3.05) is 0 Å². The fourth-order valence-corrected chi connectivity index (χ4v) is 2.47. The summed E-state index contributed by atoms with van der Waals surface area (Å²) < 4.78 is 13.9. The Labute approximate surface area is 117 Å². The second kappa shape index (κ2) is 8.40. The van der Waals surface area contributed by atoms with Gasteiger partial charge in [-0.25, -0.2) is 4.39 Å². The summed E-state index contributed by atoms with van der Waals surface area (Å²) in [5.41, 5.74) is 3.64. The number of hydrogen-bond acceptors (Lipinski definition) is 2. The van der Waals surface area contributed by atoms with Crippen LogP contribution in [0.2, 0.25) is 0 Å². The summed E-state index contributed by atoms with van der Waals surface area (Å²) in [5, 5.41) is 0. The lowest BCUT2D eigenvalue weighted by Gasteiger charge is -2.18. The molecule has 0 aliphatic carbocycles. The molecule has 100 valence electrons. The molecule has 2 nitrogen and oxygen atoms in total. The molecule has 0 saturated heterocycles. The van der Waals surface area contributed by atoms with Crippen LogP contribution in [0.25, 0.3) is 0 Å². The van der Waals surface area contributed by atoms with E-state index in [0.717, 1.165) is 37.7 Å². The van der Waals surface area contributed by atoms with Gasteiger partial charge >= 0.3 is 0 Å². The molecule has 0 fully saturated rings. The molecule has 0 amide bonds. The highest BCUT2D eigenvalue weighted by Gasteiger charge is 2.14. The number of unbranched alkanes of at least 4 members (excludes halogenated alkanes) is 3. The van der Waals surface area contributed by atoms with Crippen molar-refractivity contribution < 1.29 is 4.39 Å². The molecule has 0 spiro atoms. The summed E-state index contributed by atoms with van der Waals surface area (Å²) in [5.74, 6) is 5.30. The normalized spacial score (nSPS) is 12.4. The molecule has 1 unspecified atom stereocenters. The third-order valence-corrected chi connectivity index (χ3v) is 3.80. The molecule has 1 atom stereocenters. The quantitative estimate of drug-likeness (QED) is 0.326. The van der Waals surface area contributed by atoms with E-state index >= 15 is 0 Å². The van der Waals surface area contributed by atoms with Crippen LogP contribution in [-0.2, 0) is 0 Å². The Bertz CT molecular complexity index is 382. The van der Waals surface area contributed by atoms with Crippen LogP contribution in [0.3, 0.4) is 0 Å². The lowest BCUT2D eigenvalue weighted by Crippen LogP contribution is -2.28. The molecule has 4 heteroatoms. The predicted molar refractivity (Wildman–Crippen MR) is 77.4 cm³/mol. The van der Waals surface area contributed by atoms with Crippen molar-refractivity contribution in [3.05, 3.63) is 46.7 Å². The highest BCUT2D eigenvalue weighted by atomic mass is 79.9. The largest absolute Gasteiger partial charge is 0.271 e. The fourth-order valence-electron chi connectivity index (χ4n) is 1.93. The van der Waals surface area contributed by atoms with Gasteiger partial charge in [-0.2, -0.15) is 0 Å². The molecule has 0 aliphatic rings. The lowest BCUT2D eigenvalue weighted by atomic mass is 10.0. The maximum Gasteiger partial charge on any atom is 0.137 e.